The second kappa shape index (κ2) is 8.86. The van der Waals surface area contributed by atoms with E-state index in [1.807, 2.05) is 0 Å². The molecule has 0 radical (unpaired) electrons. The van der Waals surface area contributed by atoms with Gasteiger partial charge in [0.1, 0.15) is 0 Å². The summed E-state index contributed by atoms with van der Waals surface area (Å²) in [5.74, 6) is 0. The molecule has 0 saturated carbocycles. The summed E-state index contributed by atoms with van der Waals surface area (Å²) in [7, 11) is 0. The van der Waals surface area contributed by atoms with E-state index in [-0.39, 0.29) is 0 Å². The molecule has 0 aliphatic heterocycles. The van der Waals surface area contributed by atoms with Gasteiger partial charge in [-0.25, -0.2) is 0 Å². The quantitative estimate of drug-likeness (QED) is 0.253. The summed E-state index contributed by atoms with van der Waals surface area (Å²) in [5, 5.41) is 2.57. The van der Waals surface area contributed by atoms with Gasteiger partial charge in [-0.15, -0.1) is 0 Å². The molecule has 1 heterocycles. The fourth-order valence-electron chi connectivity index (χ4n) is 4.21. The number of aromatic nitrogens is 1. The van der Waals surface area contributed by atoms with Gasteiger partial charge in [0, 0.05) is 36.0 Å². The van der Waals surface area contributed by atoms with Crippen LogP contribution in [-0.4, -0.2) is 4.57 Å². The lowest BCUT2D eigenvalue weighted by molar-refractivity contribution is 1.17. The van der Waals surface area contributed by atoms with Gasteiger partial charge in [0.15, 0.2) is 0 Å². The van der Waals surface area contributed by atoms with E-state index < -0.39 is 0 Å². The average molecular weight is 460 g/mol. The van der Waals surface area contributed by atoms with Crippen molar-refractivity contribution in [2.75, 3.05) is 0 Å². The maximum atomic E-state index is 2.37. The topological polar surface area (TPSA) is 4.93 Å². The predicted molar refractivity (Wildman–Crippen MR) is 142 cm³/mol. The normalized spacial score (nSPS) is 11.3. The highest BCUT2D eigenvalue weighted by Crippen LogP contribution is 2.37. The zero-order valence-electron chi connectivity index (χ0n) is 17.9. The molecule has 6 rings (SSSR count). The lowest BCUT2D eigenvalue weighted by Gasteiger charge is -2.09. The maximum absolute atomic E-state index is 2.37. The summed E-state index contributed by atoms with van der Waals surface area (Å²) < 4.78 is 2.37. The summed E-state index contributed by atoms with van der Waals surface area (Å²) in [4.78, 5) is 5.01. The van der Waals surface area contributed by atoms with Crippen molar-refractivity contribution >= 4 is 45.3 Å². The minimum absolute atomic E-state index is 1.18. The molecule has 1 nitrogen and oxygen atoms in total. The van der Waals surface area contributed by atoms with Gasteiger partial charge >= 0.3 is 0 Å². The fourth-order valence-corrected chi connectivity index (χ4v) is 5.92. The first-order chi connectivity index (χ1) is 16.3. The average Bonchev–Trinajstić information content (AvgIpc) is 3.20. The van der Waals surface area contributed by atoms with E-state index in [4.69, 9.17) is 0 Å². The first kappa shape index (κ1) is 20.2. The first-order valence-corrected chi connectivity index (χ1v) is 12.6. The van der Waals surface area contributed by atoms with Crippen LogP contribution in [-0.2, 0) is 0 Å². The molecule has 0 amide bonds. The van der Waals surface area contributed by atoms with Crippen LogP contribution in [0.1, 0.15) is 0 Å². The SMILES string of the molecule is c1ccc(Sc2ccc(-n3c4ccccc4c4cc(Sc5ccccc5)ccc43)cc2)cc1. The number of nitrogens with zero attached hydrogens (tertiary/aromatic N) is 1. The molecular formula is C30H21NS2. The lowest BCUT2D eigenvalue weighted by Crippen LogP contribution is -1.93. The number of rotatable bonds is 5. The molecule has 5 aromatic carbocycles. The zero-order chi connectivity index (χ0) is 22.0. The van der Waals surface area contributed by atoms with Crippen LogP contribution in [0, 0.1) is 0 Å². The molecule has 0 saturated heterocycles. The Bertz CT molecular complexity index is 1540. The van der Waals surface area contributed by atoms with E-state index >= 15 is 0 Å². The smallest absolute Gasteiger partial charge is 0.0541 e. The van der Waals surface area contributed by atoms with E-state index in [0.717, 1.165) is 0 Å². The number of hydrogen-bond acceptors (Lipinski definition) is 2. The molecule has 0 bridgehead atoms. The van der Waals surface area contributed by atoms with E-state index in [1.165, 1.54) is 47.1 Å². The maximum Gasteiger partial charge on any atom is 0.0541 e. The molecule has 0 atom stereocenters. The lowest BCUT2D eigenvalue weighted by atomic mass is 10.1. The van der Waals surface area contributed by atoms with E-state index in [1.54, 1.807) is 23.5 Å². The van der Waals surface area contributed by atoms with E-state index in [0.29, 0.717) is 0 Å². The van der Waals surface area contributed by atoms with Crippen LogP contribution < -0.4 is 0 Å². The van der Waals surface area contributed by atoms with Crippen molar-refractivity contribution in [3.63, 3.8) is 0 Å². The Kier molecular flexibility index (Phi) is 5.43. The van der Waals surface area contributed by atoms with Gasteiger partial charge in [0.2, 0.25) is 0 Å². The van der Waals surface area contributed by atoms with Crippen LogP contribution in [0.25, 0.3) is 27.5 Å². The highest BCUT2D eigenvalue weighted by Gasteiger charge is 2.13. The van der Waals surface area contributed by atoms with Crippen molar-refractivity contribution in [2.45, 2.75) is 19.6 Å². The fraction of sp³-hybridized carbons (Fsp3) is 0. The van der Waals surface area contributed by atoms with Crippen molar-refractivity contribution in [2.24, 2.45) is 0 Å². The predicted octanol–water partition coefficient (Wildman–Crippen LogP) is 9.09. The molecule has 0 aliphatic carbocycles. The van der Waals surface area contributed by atoms with Crippen molar-refractivity contribution in [3.8, 4) is 5.69 Å². The minimum Gasteiger partial charge on any atom is -0.309 e. The Labute approximate surface area is 202 Å². The molecule has 0 N–H and O–H groups in total. The van der Waals surface area contributed by atoms with Gasteiger partial charge in [0.25, 0.3) is 0 Å². The molecule has 0 fully saturated rings. The Balaban J connectivity index is 1.41. The molecule has 3 heteroatoms. The highest BCUT2D eigenvalue weighted by atomic mass is 32.2. The molecule has 1 aromatic heterocycles. The minimum atomic E-state index is 1.18. The number of para-hydroxylation sites is 1. The van der Waals surface area contributed by atoms with Crippen molar-refractivity contribution < 1.29 is 0 Å². The van der Waals surface area contributed by atoms with Crippen molar-refractivity contribution in [1.82, 2.24) is 4.57 Å². The van der Waals surface area contributed by atoms with Crippen LogP contribution in [0.5, 0.6) is 0 Å². The monoisotopic (exact) mass is 459 g/mol. The summed E-state index contributed by atoms with van der Waals surface area (Å²) in [6, 6.07) is 45.5. The second-order valence-corrected chi connectivity index (χ2v) is 10.1. The Hall–Kier alpha value is -3.40. The molecule has 158 valence electrons. The van der Waals surface area contributed by atoms with Crippen LogP contribution >= 0.6 is 23.5 Å². The molecule has 0 unspecified atom stereocenters. The summed E-state index contributed by atoms with van der Waals surface area (Å²) in [5.41, 5.74) is 3.65. The molecule has 6 aromatic rings. The summed E-state index contributed by atoms with van der Waals surface area (Å²) in [6.45, 7) is 0. The number of hydrogen-bond donors (Lipinski definition) is 0. The van der Waals surface area contributed by atoms with E-state index in [2.05, 4.69) is 132 Å². The van der Waals surface area contributed by atoms with Crippen molar-refractivity contribution in [1.29, 1.82) is 0 Å². The Morgan fingerprint density at radius 3 is 1.61 bits per heavy atom. The molecule has 0 aliphatic rings. The third-order valence-electron chi connectivity index (χ3n) is 5.70. The van der Waals surface area contributed by atoms with E-state index in [9.17, 15) is 0 Å². The van der Waals surface area contributed by atoms with Gasteiger partial charge in [-0.2, -0.15) is 0 Å². The van der Waals surface area contributed by atoms with Gasteiger partial charge < -0.3 is 4.57 Å². The van der Waals surface area contributed by atoms with Crippen molar-refractivity contribution in [3.05, 3.63) is 127 Å². The standard InChI is InChI=1S/C30H21NS2/c1-3-9-23(10-4-1)32-25-17-15-22(16-18-25)31-29-14-8-7-13-27(29)28-21-26(19-20-30(28)31)33-24-11-5-2-6-12-24/h1-21H. The molecular weight excluding hydrogens is 438 g/mol. The number of fused-ring (bicyclic) bond motifs is 3. The summed E-state index contributed by atoms with van der Waals surface area (Å²) >= 11 is 3.60. The second-order valence-electron chi connectivity index (χ2n) is 7.86. The first-order valence-electron chi connectivity index (χ1n) is 10.9. The largest absolute Gasteiger partial charge is 0.309 e. The van der Waals surface area contributed by atoms with Crippen LogP contribution in [0.2, 0.25) is 0 Å². The van der Waals surface area contributed by atoms with Gasteiger partial charge in [-0.1, -0.05) is 78.1 Å². The third-order valence-corrected chi connectivity index (χ3v) is 7.71. The Morgan fingerprint density at radius 2 is 0.909 bits per heavy atom. The highest BCUT2D eigenvalue weighted by molar-refractivity contribution is 7.99. The van der Waals surface area contributed by atoms with Gasteiger partial charge in [-0.05, 0) is 72.8 Å². The molecule has 0 spiro atoms. The Morgan fingerprint density at radius 1 is 0.394 bits per heavy atom. The van der Waals surface area contributed by atoms with Crippen LogP contribution in [0.3, 0.4) is 0 Å². The zero-order valence-corrected chi connectivity index (χ0v) is 19.5. The van der Waals surface area contributed by atoms with Crippen LogP contribution in [0.15, 0.2) is 147 Å². The number of benzene rings is 5. The van der Waals surface area contributed by atoms with Crippen LogP contribution in [0.4, 0.5) is 0 Å². The molecule has 33 heavy (non-hydrogen) atoms. The summed E-state index contributed by atoms with van der Waals surface area (Å²) in [6.07, 6.45) is 0. The van der Waals surface area contributed by atoms with Gasteiger partial charge in [-0.3, -0.25) is 0 Å². The third kappa shape index (κ3) is 4.06. The van der Waals surface area contributed by atoms with Gasteiger partial charge in [0.05, 0.1) is 11.0 Å².